The summed E-state index contributed by atoms with van der Waals surface area (Å²) in [5.41, 5.74) is 1.64. The summed E-state index contributed by atoms with van der Waals surface area (Å²) in [7, 11) is 0. The Bertz CT molecular complexity index is 500. The predicted molar refractivity (Wildman–Crippen MR) is 59.5 cm³/mol. The van der Waals surface area contributed by atoms with Crippen LogP contribution in [0.15, 0.2) is 24.3 Å². The van der Waals surface area contributed by atoms with E-state index in [4.69, 9.17) is 19.8 Å². The first-order chi connectivity index (χ1) is 9.83. The van der Waals surface area contributed by atoms with Crippen LogP contribution in [0.4, 0.5) is 32.0 Å². The van der Waals surface area contributed by atoms with Gasteiger partial charge in [-0.25, -0.2) is 9.59 Å². The minimum atomic E-state index is -4.65. The van der Waals surface area contributed by atoms with Crippen LogP contribution in [-0.4, -0.2) is 28.5 Å². The number of hydrogen-bond acceptors (Lipinski definition) is 4. The van der Waals surface area contributed by atoms with Crippen molar-refractivity contribution < 1.29 is 46.1 Å². The summed E-state index contributed by atoms with van der Waals surface area (Å²) < 4.78 is 71.2. The molecule has 1 rings (SSSR count). The number of carboxylic acids is 2. The lowest BCUT2D eigenvalue weighted by Crippen LogP contribution is -2.36. The fourth-order valence-corrected chi connectivity index (χ4v) is 0.886. The third kappa shape index (κ3) is 8.63. The van der Waals surface area contributed by atoms with Gasteiger partial charge in [-0.3, -0.25) is 0 Å². The number of carbonyl (C=O) groups is 2. The summed E-state index contributed by atoms with van der Waals surface area (Å²) in [5, 5.41) is 14.8. The maximum Gasteiger partial charge on any atom is 0.474 e. The Morgan fingerprint density at radius 3 is 1.55 bits per heavy atom. The van der Waals surface area contributed by atoms with Crippen LogP contribution < -0.4 is 10.9 Å². The largest absolute Gasteiger partial charge is 0.474 e. The summed E-state index contributed by atoms with van der Waals surface area (Å²) in [6.07, 6.45) is -9.15. The van der Waals surface area contributed by atoms with Gasteiger partial charge in [0.25, 0.3) is 0 Å². The molecule has 6 nitrogen and oxygen atoms in total. The molecule has 1 aromatic rings. The Morgan fingerprint density at radius 2 is 1.27 bits per heavy atom. The van der Waals surface area contributed by atoms with Crippen LogP contribution in [0.5, 0.6) is 0 Å². The van der Waals surface area contributed by atoms with E-state index in [9.17, 15) is 26.3 Å². The van der Waals surface area contributed by atoms with Gasteiger partial charge in [0, 0.05) is 5.69 Å². The smallest absolute Gasteiger partial charge is 0.473 e. The standard InChI is InChI=1S/C8H6F6N2.C2H2O4/c9-7(10,11)5-1-3-6(4-2-5)15-16-8(12,13)14;3-1(4)2(5)6/h1-4,15-16H;(H,3,4)(H,5,6). The highest BCUT2D eigenvalue weighted by Crippen LogP contribution is 2.29. The van der Waals surface area contributed by atoms with Crippen LogP contribution in [0, 0.1) is 0 Å². The number of halogens is 6. The molecular formula is C10H8F6N2O4. The van der Waals surface area contributed by atoms with E-state index < -0.39 is 30.0 Å². The fourth-order valence-electron chi connectivity index (χ4n) is 0.886. The van der Waals surface area contributed by atoms with E-state index in [2.05, 4.69) is 0 Å². The molecule has 124 valence electrons. The van der Waals surface area contributed by atoms with Gasteiger partial charge in [-0.15, -0.1) is 5.43 Å². The third-order valence-electron chi connectivity index (χ3n) is 1.74. The van der Waals surface area contributed by atoms with Crippen LogP contribution in [0.3, 0.4) is 0 Å². The van der Waals surface area contributed by atoms with Gasteiger partial charge in [0.2, 0.25) is 0 Å². The predicted octanol–water partition coefficient (Wildman–Crippen LogP) is 2.30. The molecule has 22 heavy (non-hydrogen) atoms. The Labute approximate surface area is 118 Å². The first-order valence-electron chi connectivity index (χ1n) is 5.06. The SMILES string of the molecule is FC(F)(F)NNc1ccc(C(F)(F)F)cc1.O=C(O)C(=O)O. The maximum absolute atomic E-state index is 12.1. The van der Waals surface area contributed by atoms with Gasteiger partial charge in [0.1, 0.15) is 0 Å². The number of rotatable bonds is 2. The zero-order valence-electron chi connectivity index (χ0n) is 10.3. The zero-order valence-corrected chi connectivity index (χ0v) is 10.3. The van der Waals surface area contributed by atoms with E-state index in [-0.39, 0.29) is 5.69 Å². The fraction of sp³-hybridized carbons (Fsp3) is 0.200. The molecule has 0 amide bonds. The van der Waals surface area contributed by atoms with Gasteiger partial charge in [-0.1, -0.05) is 0 Å². The zero-order chi connectivity index (χ0) is 17.6. The first kappa shape index (κ1) is 19.5. The van der Waals surface area contributed by atoms with Gasteiger partial charge >= 0.3 is 24.4 Å². The highest BCUT2D eigenvalue weighted by Gasteiger charge is 2.30. The molecule has 0 radical (unpaired) electrons. The summed E-state index contributed by atoms with van der Waals surface area (Å²) in [4.78, 5) is 18.2. The lowest BCUT2D eigenvalue weighted by molar-refractivity contribution is -0.159. The van der Waals surface area contributed by atoms with Crippen molar-refractivity contribution in [1.29, 1.82) is 0 Å². The quantitative estimate of drug-likeness (QED) is 0.287. The van der Waals surface area contributed by atoms with E-state index in [1.807, 2.05) is 0 Å². The van der Waals surface area contributed by atoms with Gasteiger partial charge in [-0.2, -0.15) is 26.3 Å². The normalized spacial score (nSPS) is 11.2. The maximum atomic E-state index is 12.1. The molecule has 0 aromatic heterocycles. The Kier molecular flexibility index (Phi) is 6.64. The van der Waals surface area contributed by atoms with E-state index in [1.54, 1.807) is 5.43 Å². The van der Waals surface area contributed by atoms with Crippen molar-refractivity contribution in [3.8, 4) is 0 Å². The van der Waals surface area contributed by atoms with E-state index in [0.717, 1.165) is 17.6 Å². The van der Waals surface area contributed by atoms with E-state index >= 15 is 0 Å². The Hall–Kier alpha value is -2.50. The van der Waals surface area contributed by atoms with Crippen molar-refractivity contribution in [2.45, 2.75) is 12.5 Å². The van der Waals surface area contributed by atoms with Crippen LogP contribution in [0.2, 0.25) is 0 Å². The molecule has 0 spiro atoms. The lowest BCUT2D eigenvalue weighted by Gasteiger charge is -2.12. The van der Waals surface area contributed by atoms with Crippen molar-refractivity contribution in [1.82, 2.24) is 5.43 Å². The average Bonchev–Trinajstić information content (AvgIpc) is 2.35. The monoisotopic (exact) mass is 334 g/mol. The lowest BCUT2D eigenvalue weighted by atomic mass is 10.2. The molecule has 0 unspecified atom stereocenters. The molecular weight excluding hydrogens is 326 g/mol. The van der Waals surface area contributed by atoms with Crippen LogP contribution >= 0.6 is 0 Å². The van der Waals surface area contributed by atoms with Crippen LogP contribution in [-0.2, 0) is 15.8 Å². The molecule has 4 N–H and O–H groups in total. The second-order valence-corrected chi connectivity index (χ2v) is 3.43. The van der Waals surface area contributed by atoms with Crippen molar-refractivity contribution in [3.05, 3.63) is 29.8 Å². The minimum absolute atomic E-state index is 0.120. The van der Waals surface area contributed by atoms with Gasteiger partial charge < -0.3 is 15.6 Å². The number of aliphatic carboxylic acids is 2. The summed E-state index contributed by atoms with van der Waals surface area (Å²) in [5.74, 6) is -3.65. The number of nitrogens with one attached hydrogen (secondary N) is 2. The summed E-state index contributed by atoms with van der Waals surface area (Å²) in [6, 6.07) is 3.14. The van der Waals surface area contributed by atoms with Crippen molar-refractivity contribution >= 4 is 17.6 Å². The second-order valence-electron chi connectivity index (χ2n) is 3.43. The minimum Gasteiger partial charge on any atom is -0.473 e. The van der Waals surface area contributed by atoms with Crippen molar-refractivity contribution in [2.75, 3.05) is 5.43 Å². The Morgan fingerprint density at radius 1 is 0.864 bits per heavy atom. The molecule has 0 heterocycles. The van der Waals surface area contributed by atoms with E-state index in [0.29, 0.717) is 12.1 Å². The molecule has 0 saturated heterocycles. The second kappa shape index (κ2) is 7.49. The van der Waals surface area contributed by atoms with E-state index in [1.165, 1.54) is 0 Å². The van der Waals surface area contributed by atoms with Gasteiger partial charge in [0.15, 0.2) is 0 Å². The molecule has 12 heteroatoms. The molecule has 0 aliphatic rings. The molecule has 0 bridgehead atoms. The molecule has 0 fully saturated rings. The summed E-state index contributed by atoms with van der Waals surface area (Å²) in [6.45, 7) is 0. The molecule has 0 aliphatic carbocycles. The molecule has 1 aromatic carbocycles. The number of alkyl halides is 6. The van der Waals surface area contributed by atoms with Crippen LogP contribution in [0.1, 0.15) is 5.56 Å². The third-order valence-corrected chi connectivity index (χ3v) is 1.74. The average molecular weight is 334 g/mol. The van der Waals surface area contributed by atoms with Gasteiger partial charge in [-0.05, 0) is 24.3 Å². The first-order valence-corrected chi connectivity index (χ1v) is 5.06. The topological polar surface area (TPSA) is 98.7 Å². The molecule has 0 atom stereocenters. The van der Waals surface area contributed by atoms with Crippen molar-refractivity contribution in [3.63, 3.8) is 0 Å². The highest BCUT2D eigenvalue weighted by atomic mass is 19.4. The van der Waals surface area contributed by atoms with Gasteiger partial charge in [0.05, 0.1) is 5.56 Å². The summed E-state index contributed by atoms with van der Waals surface area (Å²) >= 11 is 0. The number of anilines is 1. The number of carboxylic acid groups (broad SMARTS) is 2. The number of benzene rings is 1. The Balaban J connectivity index is 0.000000626. The molecule has 0 aliphatic heterocycles. The van der Waals surface area contributed by atoms with Crippen molar-refractivity contribution in [2.24, 2.45) is 0 Å². The number of hydrazine groups is 1. The highest BCUT2D eigenvalue weighted by molar-refractivity contribution is 6.27. The van der Waals surface area contributed by atoms with Crippen LogP contribution in [0.25, 0.3) is 0 Å². The number of hydrogen-bond donors (Lipinski definition) is 4. The molecule has 0 saturated carbocycles.